The average Bonchev–Trinajstić information content (AvgIpc) is 3.29. The number of unbranched alkanes of at least 4 members (excludes halogenated alkanes) is 13. The van der Waals surface area contributed by atoms with Crippen LogP contribution < -0.4 is 37.6 Å². The molecule has 0 aliphatic rings. The van der Waals surface area contributed by atoms with Gasteiger partial charge in [-0.1, -0.05) is 220 Å². The second-order valence-electron chi connectivity index (χ2n) is 17.6. The first-order valence-corrected chi connectivity index (χ1v) is 26.2. The van der Waals surface area contributed by atoms with Crippen molar-refractivity contribution < 1.29 is 60.7 Å². The minimum atomic E-state index is -4.75. The van der Waals surface area contributed by atoms with E-state index >= 15 is 0 Å². The van der Waals surface area contributed by atoms with Crippen molar-refractivity contribution in [1.82, 2.24) is 0 Å². The van der Waals surface area contributed by atoms with Gasteiger partial charge >= 0.3 is 39.7 Å². The zero-order valence-corrected chi connectivity index (χ0v) is 41.0. The van der Waals surface area contributed by atoms with Crippen molar-refractivity contribution in [3.05, 3.63) is 156 Å². The third kappa shape index (κ3) is 17.1. The van der Waals surface area contributed by atoms with Crippen molar-refractivity contribution in [2.45, 2.75) is 161 Å². The molecule has 0 nitrogen and oxygen atoms in total. The molecular formula is C55H67BF9I. The summed E-state index contributed by atoms with van der Waals surface area (Å²) >= 11 is -0.0788. The number of rotatable bonds is 24. The highest BCUT2D eigenvalue weighted by Crippen LogP contribution is 2.33. The van der Waals surface area contributed by atoms with Gasteiger partial charge in [0.2, 0.25) is 0 Å². The van der Waals surface area contributed by atoms with Crippen molar-refractivity contribution >= 4 is 22.5 Å². The van der Waals surface area contributed by atoms with Gasteiger partial charge in [0, 0.05) is 11.1 Å². The van der Waals surface area contributed by atoms with Crippen molar-refractivity contribution in [2.75, 3.05) is 0 Å². The fourth-order valence-electron chi connectivity index (χ4n) is 8.91. The van der Waals surface area contributed by atoms with Gasteiger partial charge in [-0.05, 0) is 37.8 Å². The summed E-state index contributed by atoms with van der Waals surface area (Å²) in [6.45, 7) is 6.53. The molecule has 0 atom stereocenters. The van der Waals surface area contributed by atoms with Gasteiger partial charge in [0.25, 0.3) is 0 Å². The Morgan fingerprint density at radius 1 is 0.364 bits per heavy atom. The number of hydrogen-bond donors (Lipinski definition) is 0. The number of hydrogen-bond acceptors (Lipinski definition) is 0. The van der Waals surface area contributed by atoms with E-state index in [4.69, 9.17) is 0 Å². The zero-order valence-electron chi connectivity index (χ0n) is 38.8. The largest absolute Gasteiger partial charge is 0.416 e. The van der Waals surface area contributed by atoms with Crippen LogP contribution in [0.1, 0.15) is 151 Å². The van der Waals surface area contributed by atoms with E-state index in [-0.39, 0.29) is 43.9 Å². The van der Waals surface area contributed by atoms with Crippen LogP contribution in [0.4, 0.5) is 39.5 Å². The quantitative estimate of drug-likeness (QED) is 0.0250. The molecule has 0 radical (unpaired) electrons. The summed E-state index contributed by atoms with van der Waals surface area (Å²) in [7, 11) is 0. The van der Waals surface area contributed by atoms with Crippen LogP contribution in [-0.4, -0.2) is 6.15 Å². The summed E-state index contributed by atoms with van der Waals surface area (Å²) in [5, 5.41) is 0. The molecule has 0 heterocycles. The first kappa shape index (κ1) is 54.9. The molecule has 66 heavy (non-hydrogen) atoms. The Bertz CT molecular complexity index is 1960. The highest BCUT2D eigenvalue weighted by atomic mass is 127. The maximum absolute atomic E-state index is 13.7. The summed E-state index contributed by atoms with van der Waals surface area (Å²) < 4.78 is 126. The van der Waals surface area contributed by atoms with Crippen LogP contribution in [0.25, 0.3) is 0 Å². The highest BCUT2D eigenvalue weighted by molar-refractivity contribution is 7.11. The number of alkyl halides is 9. The smallest absolute Gasteiger partial charge is 0.199 e. The van der Waals surface area contributed by atoms with Crippen molar-refractivity contribution in [2.24, 2.45) is 0 Å². The maximum atomic E-state index is 13.7. The molecule has 0 aliphatic heterocycles. The monoisotopic (exact) mass is 1040 g/mol. The van der Waals surface area contributed by atoms with Gasteiger partial charge in [-0.15, -0.1) is 0 Å². The second-order valence-corrected chi connectivity index (χ2v) is 20.4. The lowest BCUT2D eigenvalue weighted by molar-refractivity contribution is -0.599. The molecular weight excluding hydrogens is 969 g/mol. The molecule has 0 aliphatic carbocycles. The average molecular weight is 1040 g/mol. The summed E-state index contributed by atoms with van der Waals surface area (Å²) in [6, 6.07) is 31.1. The van der Waals surface area contributed by atoms with Gasteiger partial charge in [0.05, 0.1) is 22.8 Å². The van der Waals surface area contributed by atoms with Crippen LogP contribution in [0, 0.1) is 7.14 Å². The third-order valence-corrected chi connectivity index (χ3v) is 15.8. The molecule has 5 aromatic rings. The lowest BCUT2D eigenvalue weighted by Gasteiger charge is -2.44. The normalized spacial score (nSPS) is 12.2. The molecule has 5 aromatic carbocycles. The van der Waals surface area contributed by atoms with Crippen LogP contribution in [-0.2, 0) is 31.4 Å². The van der Waals surface area contributed by atoms with Gasteiger partial charge in [-0.25, -0.2) is 0 Å². The number of benzene rings is 5. The maximum Gasteiger partial charge on any atom is 0.416 e. The Morgan fingerprint density at radius 3 is 1.03 bits per heavy atom. The van der Waals surface area contributed by atoms with Crippen LogP contribution in [0.3, 0.4) is 0 Å². The van der Waals surface area contributed by atoms with Gasteiger partial charge in [-0.3, -0.25) is 0 Å². The van der Waals surface area contributed by atoms with Gasteiger partial charge < -0.3 is 0 Å². The van der Waals surface area contributed by atoms with Crippen molar-refractivity contribution in [1.29, 1.82) is 0 Å². The minimum Gasteiger partial charge on any atom is -0.199 e. The van der Waals surface area contributed by atoms with E-state index in [1.807, 2.05) is 6.92 Å². The van der Waals surface area contributed by atoms with E-state index in [0.717, 1.165) is 67.4 Å². The van der Waals surface area contributed by atoms with E-state index in [2.05, 4.69) is 62.4 Å². The van der Waals surface area contributed by atoms with E-state index < -0.39 is 41.4 Å². The molecule has 0 spiro atoms. The van der Waals surface area contributed by atoms with Crippen LogP contribution in [0.5, 0.6) is 0 Å². The lowest BCUT2D eigenvalue weighted by atomic mass is 9.14. The molecule has 0 unspecified atom stereocenters. The van der Waals surface area contributed by atoms with E-state index in [9.17, 15) is 39.5 Å². The van der Waals surface area contributed by atoms with Gasteiger partial charge in [-0.2, -0.15) is 62.2 Å². The minimum absolute atomic E-state index is 0.0324. The Hall–Kier alpha value is -3.74. The molecule has 0 N–H and O–H groups in total. The second kappa shape index (κ2) is 27.3. The summed E-state index contributed by atoms with van der Waals surface area (Å²) in [5.41, 5.74) is 0.256. The first-order chi connectivity index (χ1) is 31.5. The lowest BCUT2D eigenvalue weighted by Crippen LogP contribution is -3.62. The van der Waals surface area contributed by atoms with Crippen LogP contribution >= 0.6 is 0 Å². The number of aryl methyl sites for hydroxylation is 2. The molecule has 11 heteroatoms. The third-order valence-electron chi connectivity index (χ3n) is 12.6. The van der Waals surface area contributed by atoms with Gasteiger partial charge in [0.1, 0.15) is 0 Å². The Morgan fingerprint density at radius 2 is 0.682 bits per heavy atom. The number of halogens is 10. The molecule has 0 amide bonds. The molecule has 360 valence electrons. The summed E-state index contributed by atoms with van der Waals surface area (Å²) in [4.78, 5) is 0. The summed E-state index contributed by atoms with van der Waals surface area (Å²) in [6.07, 6.45) is 4.92. The molecule has 5 rings (SSSR count). The van der Waals surface area contributed by atoms with E-state index in [1.54, 1.807) is 18.3 Å². The molecule has 0 aromatic heterocycles. The Labute approximate surface area is 398 Å². The molecule has 0 fully saturated rings. The fourth-order valence-corrected chi connectivity index (χ4v) is 11.9. The Kier molecular flexibility index (Phi) is 22.7. The van der Waals surface area contributed by atoms with Gasteiger partial charge in [0.15, 0.2) is 7.14 Å². The summed E-state index contributed by atoms with van der Waals surface area (Å²) in [5.74, 6) is 0. The first-order valence-electron chi connectivity index (χ1n) is 24.1. The van der Waals surface area contributed by atoms with E-state index in [1.165, 1.54) is 108 Å². The highest BCUT2D eigenvalue weighted by Gasteiger charge is 2.38. The topological polar surface area (TPSA) is 0 Å². The zero-order chi connectivity index (χ0) is 48.1. The molecule has 0 bridgehead atoms. The molecule has 0 saturated carbocycles. The van der Waals surface area contributed by atoms with Crippen LogP contribution in [0.15, 0.2) is 121 Å². The van der Waals surface area contributed by atoms with Crippen molar-refractivity contribution in [3.8, 4) is 0 Å². The predicted molar refractivity (Wildman–Crippen MR) is 252 cm³/mol. The van der Waals surface area contributed by atoms with Crippen molar-refractivity contribution in [3.63, 3.8) is 0 Å². The van der Waals surface area contributed by atoms with E-state index in [0.29, 0.717) is 12.8 Å². The SMILES string of the molecule is CCCCCCCCc1ccccc1[I+]c1ccccc1CCCCCCCC.CCCCCC[B-](c1cccc(C(F)(F)F)c1)(c1cccc(C(F)(F)F)c1)c1cccc(C(F)(F)F)c1. The van der Waals surface area contributed by atoms with Crippen LogP contribution in [0.2, 0.25) is 6.32 Å². The standard InChI is InChI=1S/C28H42I.C27H25BF9/c1-3-5-7-9-11-13-19-25-21-15-17-23-27(25)29-28-24-18-16-22-26(28)20-14-12-10-8-6-4-2;1-2-3-4-5-15-28(22-12-6-9-19(16-22)25(29,30)31,23-13-7-10-20(17-23)26(32,33)34)24-14-8-11-21(18-24)27(35,36)37/h15-18,21-24H,3-14,19-20H2,1-2H3;6-14,16-18H,2-5,15H2,1H3/q+1;-1. The Balaban J connectivity index is 0.000000297. The fraction of sp³-hybridized carbons (Fsp3) is 0.455. The molecule has 0 saturated heterocycles. The predicted octanol–water partition coefficient (Wildman–Crippen LogP) is 13.4.